The van der Waals surface area contributed by atoms with Crippen LogP contribution < -0.4 is 0 Å². The van der Waals surface area contributed by atoms with Crippen LogP contribution in [0.1, 0.15) is 0 Å². The quantitative estimate of drug-likeness (QED) is 0.255. The molecule has 0 fully saturated rings. The summed E-state index contributed by atoms with van der Waals surface area (Å²) in [5.41, 5.74) is 5.87. The second-order valence-corrected chi connectivity index (χ2v) is 9.07. The number of rotatable bonds is 4. The molecule has 0 aliphatic carbocycles. The van der Waals surface area contributed by atoms with Crippen molar-refractivity contribution in [1.82, 2.24) is 10.2 Å². The SMILES string of the molecule is c1ccc(-c2nnc(-c3ccccc3)c3cc4c(-c5ccccc5)oc(-c5ccccc5)c4cc23)cc1. The van der Waals surface area contributed by atoms with Gasteiger partial charge in [-0.05, 0) is 12.1 Å². The number of nitrogens with zero attached hydrogens (tertiary/aromatic N) is 2. The van der Waals surface area contributed by atoms with Crippen LogP contribution in [0.5, 0.6) is 0 Å². The summed E-state index contributed by atoms with van der Waals surface area (Å²) in [6.07, 6.45) is 0. The minimum atomic E-state index is 0.855. The van der Waals surface area contributed by atoms with E-state index in [-0.39, 0.29) is 0 Å². The lowest BCUT2D eigenvalue weighted by molar-refractivity contribution is 0.602. The maximum Gasteiger partial charge on any atom is 0.142 e. The second kappa shape index (κ2) is 8.89. The number of hydrogen-bond acceptors (Lipinski definition) is 3. The van der Waals surface area contributed by atoms with Crippen molar-refractivity contribution in [3.05, 3.63) is 133 Å². The Balaban J connectivity index is 1.62. The van der Waals surface area contributed by atoms with Crippen molar-refractivity contribution in [2.45, 2.75) is 0 Å². The molecule has 0 spiro atoms. The third-order valence-electron chi connectivity index (χ3n) is 6.78. The molecular formula is C34H22N2O. The van der Waals surface area contributed by atoms with Crippen LogP contribution in [0, 0.1) is 0 Å². The van der Waals surface area contributed by atoms with Crippen LogP contribution in [0.4, 0.5) is 0 Å². The highest BCUT2D eigenvalue weighted by Gasteiger charge is 2.21. The summed E-state index contributed by atoms with van der Waals surface area (Å²) in [5, 5.41) is 13.7. The fourth-order valence-electron chi connectivity index (χ4n) is 5.01. The van der Waals surface area contributed by atoms with Gasteiger partial charge in [-0.3, -0.25) is 0 Å². The van der Waals surface area contributed by atoms with Gasteiger partial charge in [-0.15, -0.1) is 10.2 Å². The van der Waals surface area contributed by atoms with Crippen molar-refractivity contribution in [3.63, 3.8) is 0 Å². The zero-order chi connectivity index (χ0) is 24.6. The summed E-state index contributed by atoms with van der Waals surface area (Å²) in [5.74, 6) is 1.71. The van der Waals surface area contributed by atoms with E-state index in [1.807, 2.05) is 72.8 Å². The van der Waals surface area contributed by atoms with Gasteiger partial charge in [-0.1, -0.05) is 121 Å². The van der Waals surface area contributed by atoms with Gasteiger partial charge in [0, 0.05) is 43.8 Å². The third kappa shape index (κ3) is 3.69. The minimum Gasteiger partial charge on any atom is -0.455 e. The fraction of sp³-hybridized carbons (Fsp3) is 0. The molecule has 2 heterocycles. The van der Waals surface area contributed by atoms with E-state index in [0.29, 0.717) is 0 Å². The predicted molar refractivity (Wildman–Crippen MR) is 151 cm³/mol. The van der Waals surface area contributed by atoms with Crippen LogP contribution in [0.15, 0.2) is 138 Å². The number of benzene rings is 5. The normalized spacial score (nSPS) is 11.2. The van der Waals surface area contributed by atoms with Gasteiger partial charge in [-0.25, -0.2) is 0 Å². The van der Waals surface area contributed by atoms with Gasteiger partial charge in [-0.2, -0.15) is 0 Å². The molecule has 0 bridgehead atoms. The molecule has 0 aliphatic rings. The first-order valence-electron chi connectivity index (χ1n) is 12.4. The van der Waals surface area contributed by atoms with Crippen molar-refractivity contribution in [1.29, 1.82) is 0 Å². The maximum atomic E-state index is 6.66. The Morgan fingerprint density at radius 2 is 0.676 bits per heavy atom. The molecule has 0 atom stereocenters. The Labute approximate surface area is 214 Å². The Hall–Kier alpha value is -5.02. The van der Waals surface area contributed by atoms with Gasteiger partial charge < -0.3 is 4.42 Å². The van der Waals surface area contributed by atoms with E-state index in [9.17, 15) is 0 Å². The molecule has 174 valence electrons. The highest BCUT2D eigenvalue weighted by atomic mass is 16.3. The molecule has 0 aliphatic heterocycles. The monoisotopic (exact) mass is 474 g/mol. The number of hydrogen-bond donors (Lipinski definition) is 0. The summed E-state index contributed by atoms with van der Waals surface area (Å²) in [4.78, 5) is 0. The van der Waals surface area contributed by atoms with E-state index >= 15 is 0 Å². The lowest BCUT2D eigenvalue weighted by atomic mass is 9.95. The van der Waals surface area contributed by atoms with E-state index < -0.39 is 0 Å². The van der Waals surface area contributed by atoms with Gasteiger partial charge >= 0.3 is 0 Å². The zero-order valence-electron chi connectivity index (χ0n) is 20.0. The largest absolute Gasteiger partial charge is 0.455 e. The number of aromatic nitrogens is 2. The van der Waals surface area contributed by atoms with Gasteiger partial charge in [0.1, 0.15) is 22.9 Å². The molecule has 0 saturated heterocycles. The Morgan fingerprint density at radius 3 is 1.03 bits per heavy atom. The first-order chi connectivity index (χ1) is 18.4. The zero-order valence-corrected chi connectivity index (χ0v) is 20.0. The summed E-state index contributed by atoms with van der Waals surface area (Å²) in [6, 6.07) is 45.6. The highest BCUT2D eigenvalue weighted by molar-refractivity contribution is 6.14. The summed E-state index contributed by atoms with van der Waals surface area (Å²) in [7, 11) is 0. The minimum absolute atomic E-state index is 0.855. The molecule has 7 aromatic rings. The van der Waals surface area contributed by atoms with E-state index in [1.54, 1.807) is 0 Å². The Kier molecular flexibility index (Phi) is 5.11. The fourth-order valence-corrected chi connectivity index (χ4v) is 5.01. The van der Waals surface area contributed by atoms with E-state index in [0.717, 1.165) is 66.7 Å². The molecule has 0 N–H and O–H groups in total. The first-order valence-corrected chi connectivity index (χ1v) is 12.4. The van der Waals surface area contributed by atoms with Crippen molar-refractivity contribution < 1.29 is 4.42 Å². The molecule has 3 nitrogen and oxygen atoms in total. The molecule has 7 rings (SSSR count). The average molecular weight is 475 g/mol. The number of furan rings is 1. The maximum absolute atomic E-state index is 6.66. The van der Waals surface area contributed by atoms with Crippen LogP contribution in [-0.4, -0.2) is 10.2 Å². The van der Waals surface area contributed by atoms with E-state index in [4.69, 9.17) is 14.6 Å². The molecule has 0 amide bonds. The predicted octanol–water partition coefficient (Wildman–Crippen LogP) is 9.04. The second-order valence-electron chi connectivity index (χ2n) is 9.07. The molecule has 2 aromatic heterocycles. The van der Waals surface area contributed by atoms with Gasteiger partial charge in [0.25, 0.3) is 0 Å². The standard InChI is InChI=1S/C34H22N2O/c1-5-13-23(14-6-1)31-27-21-29-30(22-28(27)32(36-35-31)24-15-7-2-8-16-24)34(26-19-11-4-12-20-26)37-33(29)25-17-9-3-10-18-25/h1-22H. The molecular weight excluding hydrogens is 452 g/mol. The van der Waals surface area contributed by atoms with Crippen LogP contribution in [0.25, 0.3) is 66.7 Å². The van der Waals surface area contributed by atoms with Crippen molar-refractivity contribution >= 4 is 21.5 Å². The molecule has 0 radical (unpaired) electrons. The van der Waals surface area contributed by atoms with Gasteiger partial charge in [0.15, 0.2) is 0 Å². The summed E-state index contributed by atoms with van der Waals surface area (Å²) in [6.45, 7) is 0. The molecule has 0 unspecified atom stereocenters. The highest BCUT2D eigenvalue weighted by Crippen LogP contribution is 2.43. The summed E-state index contributed by atoms with van der Waals surface area (Å²) < 4.78 is 6.66. The van der Waals surface area contributed by atoms with Crippen molar-refractivity contribution in [2.75, 3.05) is 0 Å². The van der Waals surface area contributed by atoms with Crippen LogP contribution in [0.2, 0.25) is 0 Å². The average Bonchev–Trinajstić information content (AvgIpc) is 3.36. The van der Waals surface area contributed by atoms with Crippen LogP contribution in [-0.2, 0) is 0 Å². The Bertz CT molecular complexity index is 1710. The van der Waals surface area contributed by atoms with Crippen LogP contribution >= 0.6 is 0 Å². The van der Waals surface area contributed by atoms with E-state index in [1.165, 1.54) is 0 Å². The van der Waals surface area contributed by atoms with E-state index in [2.05, 4.69) is 60.7 Å². The number of fused-ring (bicyclic) bond motifs is 2. The third-order valence-corrected chi connectivity index (χ3v) is 6.78. The lowest BCUT2D eigenvalue weighted by Crippen LogP contribution is -1.95. The first kappa shape index (κ1) is 21.3. The molecule has 0 saturated carbocycles. The van der Waals surface area contributed by atoms with Gasteiger partial charge in [0.05, 0.1) is 0 Å². The van der Waals surface area contributed by atoms with Crippen molar-refractivity contribution in [2.24, 2.45) is 0 Å². The molecule has 5 aromatic carbocycles. The van der Waals surface area contributed by atoms with Gasteiger partial charge in [0.2, 0.25) is 0 Å². The smallest absolute Gasteiger partial charge is 0.142 e. The lowest BCUT2D eigenvalue weighted by Gasteiger charge is -2.11. The van der Waals surface area contributed by atoms with Crippen LogP contribution in [0.3, 0.4) is 0 Å². The topological polar surface area (TPSA) is 38.9 Å². The Morgan fingerprint density at radius 1 is 0.351 bits per heavy atom. The summed E-state index contributed by atoms with van der Waals surface area (Å²) >= 11 is 0. The van der Waals surface area contributed by atoms with Crippen molar-refractivity contribution in [3.8, 4) is 45.2 Å². The molecule has 37 heavy (non-hydrogen) atoms. The molecule has 3 heteroatoms.